The van der Waals surface area contributed by atoms with Gasteiger partial charge in [-0.3, -0.25) is 4.99 Å². The zero-order valence-electron chi connectivity index (χ0n) is 19.0. The summed E-state index contributed by atoms with van der Waals surface area (Å²) in [4.78, 5) is 4.97. The van der Waals surface area contributed by atoms with Gasteiger partial charge in [0.2, 0.25) is 0 Å². The molecule has 3 heteroatoms. The van der Waals surface area contributed by atoms with Crippen molar-refractivity contribution < 1.29 is 0 Å². The summed E-state index contributed by atoms with van der Waals surface area (Å²) in [6, 6.07) is 25.4. The van der Waals surface area contributed by atoms with Crippen molar-refractivity contribution >= 4 is 22.7 Å². The molecule has 0 saturated heterocycles. The molecule has 0 fully saturated rings. The van der Waals surface area contributed by atoms with E-state index in [9.17, 15) is 0 Å². The molecule has 0 radical (unpaired) electrons. The molecule has 0 bridgehead atoms. The average molecular weight is 422 g/mol. The number of nitrogens with one attached hydrogen (secondary N) is 1. The van der Waals surface area contributed by atoms with Crippen molar-refractivity contribution in [1.82, 2.24) is 0 Å². The number of aliphatic imine (C=N–C) groups is 1. The molecule has 1 heterocycles. The highest BCUT2D eigenvalue weighted by molar-refractivity contribution is 6.34. The van der Waals surface area contributed by atoms with Crippen molar-refractivity contribution in [2.45, 2.75) is 33.1 Å². The van der Waals surface area contributed by atoms with Gasteiger partial charge in [0.1, 0.15) is 0 Å². The number of hydrogen-bond acceptors (Lipinski definition) is 3. The molecule has 0 aromatic heterocycles. The van der Waals surface area contributed by atoms with Crippen LogP contribution in [0.3, 0.4) is 0 Å². The highest BCUT2D eigenvalue weighted by Gasteiger charge is 2.23. The Kier molecular flexibility index (Phi) is 6.55. The van der Waals surface area contributed by atoms with Gasteiger partial charge in [0.15, 0.2) is 0 Å². The smallest absolute Gasteiger partial charge is 0.0729 e. The number of rotatable bonds is 8. The molecule has 0 amide bonds. The zero-order valence-corrected chi connectivity index (χ0v) is 19.0. The van der Waals surface area contributed by atoms with Gasteiger partial charge in [-0.05, 0) is 59.4 Å². The lowest BCUT2D eigenvalue weighted by Crippen LogP contribution is -2.05. The number of benzene rings is 3. The number of nitrogen functional groups attached to an aromatic ring is 1. The summed E-state index contributed by atoms with van der Waals surface area (Å²) < 4.78 is 0. The van der Waals surface area contributed by atoms with Crippen molar-refractivity contribution in [3.63, 3.8) is 0 Å². The van der Waals surface area contributed by atoms with Gasteiger partial charge in [0.25, 0.3) is 0 Å². The third-order valence-corrected chi connectivity index (χ3v) is 5.96. The molecule has 0 unspecified atom stereocenters. The number of allylic oxidation sites excluding steroid dienone is 2. The summed E-state index contributed by atoms with van der Waals surface area (Å²) in [5.74, 6) is 0. The molecule has 3 nitrogen and oxygen atoms in total. The Morgan fingerprint density at radius 2 is 1.41 bits per heavy atom. The van der Waals surface area contributed by atoms with E-state index in [0.29, 0.717) is 6.54 Å². The van der Waals surface area contributed by atoms with Crippen LogP contribution < -0.4 is 11.1 Å². The van der Waals surface area contributed by atoms with E-state index in [1.807, 2.05) is 24.3 Å². The van der Waals surface area contributed by atoms with Crippen LogP contribution in [0.4, 0.5) is 11.4 Å². The molecule has 1 aliphatic rings. The van der Waals surface area contributed by atoms with Crippen molar-refractivity contribution in [2.24, 2.45) is 4.99 Å². The Morgan fingerprint density at radius 3 is 1.97 bits per heavy atom. The Balaban J connectivity index is 1.65. The summed E-state index contributed by atoms with van der Waals surface area (Å²) in [5, 5.41) is 3.42. The Hall–Kier alpha value is -3.59. The molecule has 3 aromatic carbocycles. The molecule has 0 atom stereocenters. The predicted octanol–water partition coefficient (Wildman–Crippen LogP) is 6.67. The van der Waals surface area contributed by atoms with Crippen LogP contribution in [-0.2, 0) is 12.8 Å². The van der Waals surface area contributed by atoms with Gasteiger partial charge < -0.3 is 11.1 Å². The van der Waals surface area contributed by atoms with E-state index in [2.05, 4.69) is 74.3 Å². The molecule has 4 rings (SSSR count). The molecule has 0 aliphatic carbocycles. The van der Waals surface area contributed by atoms with Gasteiger partial charge in [-0.25, -0.2) is 0 Å². The van der Waals surface area contributed by atoms with Gasteiger partial charge in [-0.1, -0.05) is 69.0 Å². The van der Waals surface area contributed by atoms with Crippen molar-refractivity contribution in [2.75, 3.05) is 17.6 Å². The molecule has 0 spiro atoms. The molecule has 1 aliphatic heterocycles. The van der Waals surface area contributed by atoms with Crippen LogP contribution in [0, 0.1) is 0 Å². The standard InChI is InChI=1S/C29H31N3/c1-4-21-6-10-23(11-7-21)28-25(18-20(3)32-27-16-14-26(30)15-17-27)19-31-29(28)24-12-8-22(5-2)9-13-24/h6-17,32H,3-5,18-19,30H2,1-2H3. The fraction of sp³-hybridized carbons (Fsp3) is 0.207. The van der Waals surface area contributed by atoms with Crippen LogP contribution >= 0.6 is 0 Å². The van der Waals surface area contributed by atoms with Gasteiger partial charge in [-0.2, -0.15) is 0 Å². The molecule has 32 heavy (non-hydrogen) atoms. The lowest BCUT2D eigenvalue weighted by Gasteiger charge is -2.14. The fourth-order valence-electron chi connectivity index (χ4n) is 4.10. The SMILES string of the molecule is C=C(CC1=C(c2ccc(CC)cc2)C(c2ccc(CC)cc2)=NC1)Nc1ccc(N)cc1. The third-order valence-electron chi connectivity index (χ3n) is 5.96. The quantitative estimate of drug-likeness (QED) is 0.399. The van der Waals surface area contributed by atoms with E-state index in [1.54, 1.807) is 0 Å². The van der Waals surface area contributed by atoms with Crippen molar-refractivity contribution in [3.05, 3.63) is 113 Å². The van der Waals surface area contributed by atoms with Crippen LogP contribution in [0.15, 0.2) is 95.6 Å². The maximum Gasteiger partial charge on any atom is 0.0729 e. The van der Waals surface area contributed by atoms with Crippen molar-refractivity contribution in [3.8, 4) is 0 Å². The van der Waals surface area contributed by atoms with E-state index in [1.165, 1.54) is 33.4 Å². The number of nitrogens with two attached hydrogens (primary N) is 1. The van der Waals surface area contributed by atoms with Gasteiger partial charge in [0.05, 0.1) is 12.3 Å². The second kappa shape index (κ2) is 9.69. The second-order valence-electron chi connectivity index (χ2n) is 8.27. The maximum absolute atomic E-state index is 5.81. The summed E-state index contributed by atoms with van der Waals surface area (Å²) in [6.45, 7) is 9.34. The summed E-state index contributed by atoms with van der Waals surface area (Å²) in [6.07, 6.45) is 2.82. The number of hydrogen-bond donors (Lipinski definition) is 2. The number of aryl methyl sites for hydroxylation is 2. The average Bonchev–Trinajstić information content (AvgIpc) is 3.24. The molecule has 3 aromatic rings. The Labute approximate surface area is 191 Å². The lowest BCUT2D eigenvalue weighted by atomic mass is 9.91. The maximum atomic E-state index is 5.81. The molecular weight excluding hydrogens is 390 g/mol. The first kappa shape index (κ1) is 21.6. The molecule has 162 valence electrons. The van der Waals surface area contributed by atoms with Crippen LogP contribution in [-0.4, -0.2) is 12.3 Å². The second-order valence-corrected chi connectivity index (χ2v) is 8.27. The Bertz CT molecular complexity index is 1150. The lowest BCUT2D eigenvalue weighted by molar-refractivity contribution is 1.05. The molecular formula is C29H31N3. The minimum atomic E-state index is 0.693. The normalized spacial score (nSPS) is 13.2. The first-order chi connectivity index (χ1) is 15.6. The summed E-state index contributed by atoms with van der Waals surface area (Å²) in [5.41, 5.74) is 17.2. The zero-order chi connectivity index (χ0) is 22.5. The number of nitrogens with zero attached hydrogens (tertiary/aromatic N) is 1. The van der Waals surface area contributed by atoms with Crippen molar-refractivity contribution in [1.29, 1.82) is 0 Å². The summed E-state index contributed by atoms with van der Waals surface area (Å²) in [7, 11) is 0. The van der Waals surface area contributed by atoms with E-state index < -0.39 is 0 Å². The van der Waals surface area contributed by atoms with E-state index >= 15 is 0 Å². The third kappa shape index (κ3) is 4.83. The van der Waals surface area contributed by atoms with E-state index in [0.717, 1.165) is 42.0 Å². The van der Waals surface area contributed by atoms with Crippen LogP contribution in [0.2, 0.25) is 0 Å². The highest BCUT2D eigenvalue weighted by atomic mass is 14.9. The minimum Gasteiger partial charge on any atom is -0.399 e. The molecule has 3 N–H and O–H groups in total. The van der Waals surface area contributed by atoms with Gasteiger partial charge >= 0.3 is 0 Å². The van der Waals surface area contributed by atoms with Gasteiger partial charge in [0, 0.05) is 34.6 Å². The highest BCUT2D eigenvalue weighted by Crippen LogP contribution is 2.33. The molecule has 0 saturated carbocycles. The Morgan fingerprint density at radius 1 is 0.844 bits per heavy atom. The topological polar surface area (TPSA) is 50.4 Å². The van der Waals surface area contributed by atoms with Crippen LogP contribution in [0.25, 0.3) is 5.57 Å². The van der Waals surface area contributed by atoms with E-state index in [-0.39, 0.29) is 0 Å². The minimum absolute atomic E-state index is 0.693. The van der Waals surface area contributed by atoms with Crippen LogP contribution in [0.5, 0.6) is 0 Å². The first-order valence-corrected chi connectivity index (χ1v) is 11.3. The summed E-state index contributed by atoms with van der Waals surface area (Å²) >= 11 is 0. The van der Waals surface area contributed by atoms with Gasteiger partial charge in [-0.15, -0.1) is 0 Å². The number of anilines is 2. The van der Waals surface area contributed by atoms with E-state index in [4.69, 9.17) is 10.7 Å². The first-order valence-electron chi connectivity index (χ1n) is 11.3. The largest absolute Gasteiger partial charge is 0.399 e. The van der Waals surface area contributed by atoms with Crippen LogP contribution in [0.1, 0.15) is 42.5 Å². The predicted molar refractivity (Wildman–Crippen MR) is 138 cm³/mol. The monoisotopic (exact) mass is 421 g/mol. The fourth-order valence-corrected chi connectivity index (χ4v) is 4.10.